The topological polar surface area (TPSA) is 72.0 Å². The van der Waals surface area contributed by atoms with E-state index in [1.54, 1.807) is 23.5 Å². The third-order valence-corrected chi connectivity index (χ3v) is 7.20. The van der Waals surface area contributed by atoms with Crippen molar-refractivity contribution < 1.29 is 17.9 Å². The van der Waals surface area contributed by atoms with Crippen LogP contribution in [-0.4, -0.2) is 63.1 Å². The summed E-state index contributed by atoms with van der Waals surface area (Å²) in [4.78, 5) is 6.91. The number of methoxy groups -OCH3 is 1. The second-order valence-corrected chi connectivity index (χ2v) is 9.57. The molecule has 2 heterocycles. The largest absolute Gasteiger partial charge is 0.495 e. The number of sulfonamides is 1. The first-order valence-electron chi connectivity index (χ1n) is 8.43. The van der Waals surface area contributed by atoms with Crippen molar-refractivity contribution in [1.82, 2.24) is 14.2 Å². The Hall–Kier alpha value is -1.23. The molecule has 27 heavy (non-hydrogen) atoms. The Bertz CT molecular complexity index is 882. The number of morpholine rings is 1. The van der Waals surface area contributed by atoms with E-state index in [2.05, 4.69) is 9.88 Å². The number of benzene rings is 1. The summed E-state index contributed by atoms with van der Waals surface area (Å²) in [5.41, 5.74) is 0.718. The van der Waals surface area contributed by atoms with Crippen molar-refractivity contribution in [2.75, 3.05) is 40.5 Å². The van der Waals surface area contributed by atoms with Gasteiger partial charge in [-0.15, -0.1) is 11.3 Å². The van der Waals surface area contributed by atoms with Crippen LogP contribution in [0.1, 0.15) is 10.7 Å². The Kier molecular flexibility index (Phi) is 6.72. The van der Waals surface area contributed by atoms with E-state index >= 15 is 0 Å². The van der Waals surface area contributed by atoms with Gasteiger partial charge in [0.05, 0.1) is 39.1 Å². The molecule has 1 aromatic carbocycles. The summed E-state index contributed by atoms with van der Waals surface area (Å²) in [5, 5.41) is 3.21. The van der Waals surface area contributed by atoms with Crippen molar-refractivity contribution in [2.45, 2.75) is 18.0 Å². The van der Waals surface area contributed by atoms with Gasteiger partial charge in [-0.3, -0.25) is 4.90 Å². The summed E-state index contributed by atoms with van der Waals surface area (Å²) in [7, 11) is -0.803. The van der Waals surface area contributed by atoms with Gasteiger partial charge >= 0.3 is 0 Å². The van der Waals surface area contributed by atoms with Crippen molar-refractivity contribution in [3.05, 3.63) is 39.3 Å². The number of rotatable bonds is 7. The summed E-state index contributed by atoms with van der Waals surface area (Å²) in [6, 6.07) is 4.54. The Morgan fingerprint density at radius 3 is 2.81 bits per heavy atom. The van der Waals surface area contributed by atoms with Gasteiger partial charge in [-0.2, -0.15) is 4.31 Å². The maximum Gasteiger partial charge on any atom is 0.246 e. The summed E-state index contributed by atoms with van der Waals surface area (Å²) in [6.07, 6.45) is 0. The molecule has 0 amide bonds. The summed E-state index contributed by atoms with van der Waals surface area (Å²) < 4.78 is 37.7. The smallest absolute Gasteiger partial charge is 0.246 e. The maximum absolute atomic E-state index is 12.9. The first kappa shape index (κ1) is 20.5. The van der Waals surface area contributed by atoms with Crippen LogP contribution in [-0.2, 0) is 27.8 Å². The van der Waals surface area contributed by atoms with Crippen LogP contribution in [0, 0.1) is 0 Å². The highest BCUT2D eigenvalue weighted by atomic mass is 35.5. The van der Waals surface area contributed by atoms with E-state index in [0.717, 1.165) is 43.5 Å². The molecule has 148 valence electrons. The molecule has 10 heteroatoms. The molecule has 0 saturated carbocycles. The quantitative estimate of drug-likeness (QED) is 0.670. The highest BCUT2D eigenvalue weighted by Gasteiger charge is 2.26. The fourth-order valence-electron chi connectivity index (χ4n) is 2.78. The molecule has 1 aromatic heterocycles. The second kappa shape index (κ2) is 8.85. The molecule has 0 radical (unpaired) electrons. The zero-order chi connectivity index (χ0) is 19.4. The predicted molar refractivity (Wildman–Crippen MR) is 105 cm³/mol. The number of hydrogen-bond acceptors (Lipinski definition) is 7. The number of thiazole rings is 1. The molecular formula is C17H22ClN3O4S2. The molecule has 1 aliphatic rings. The van der Waals surface area contributed by atoms with Gasteiger partial charge in [-0.25, -0.2) is 13.4 Å². The molecule has 1 saturated heterocycles. The minimum atomic E-state index is -3.76. The molecule has 1 aliphatic heterocycles. The average molecular weight is 432 g/mol. The van der Waals surface area contributed by atoms with Crippen molar-refractivity contribution >= 4 is 33.0 Å². The number of hydrogen-bond donors (Lipinski definition) is 0. The average Bonchev–Trinajstić information content (AvgIpc) is 3.09. The van der Waals surface area contributed by atoms with Gasteiger partial charge in [0.15, 0.2) is 0 Å². The molecule has 0 aliphatic carbocycles. The van der Waals surface area contributed by atoms with Crippen LogP contribution in [0.5, 0.6) is 5.75 Å². The van der Waals surface area contributed by atoms with Gasteiger partial charge in [0, 0.05) is 30.5 Å². The zero-order valence-corrected chi connectivity index (χ0v) is 17.6. The van der Waals surface area contributed by atoms with Gasteiger partial charge in [0.25, 0.3) is 0 Å². The first-order valence-corrected chi connectivity index (χ1v) is 11.1. The number of halogens is 1. The molecule has 0 N–H and O–H groups in total. The Morgan fingerprint density at radius 1 is 1.37 bits per heavy atom. The Labute approximate surface area is 168 Å². The second-order valence-electron chi connectivity index (χ2n) is 6.18. The van der Waals surface area contributed by atoms with Gasteiger partial charge in [0.1, 0.15) is 15.7 Å². The predicted octanol–water partition coefficient (Wildman–Crippen LogP) is 2.46. The van der Waals surface area contributed by atoms with E-state index in [1.165, 1.54) is 24.5 Å². The van der Waals surface area contributed by atoms with E-state index in [-0.39, 0.29) is 17.2 Å². The number of ether oxygens (including phenoxy) is 2. The van der Waals surface area contributed by atoms with Crippen molar-refractivity contribution in [2.24, 2.45) is 0 Å². The van der Waals surface area contributed by atoms with Crippen LogP contribution in [0.15, 0.2) is 28.5 Å². The van der Waals surface area contributed by atoms with Gasteiger partial charge in [0.2, 0.25) is 10.0 Å². The van der Waals surface area contributed by atoms with E-state index < -0.39 is 10.0 Å². The Balaban J connectivity index is 1.71. The SMILES string of the molecule is COc1ccc(Cl)cc1S(=O)(=O)N(C)Cc1csc(CN2CCOCC2)n1. The lowest BCUT2D eigenvalue weighted by Crippen LogP contribution is -2.35. The molecular weight excluding hydrogens is 410 g/mol. The summed E-state index contributed by atoms with van der Waals surface area (Å²) in [6.45, 7) is 4.18. The van der Waals surface area contributed by atoms with Crippen molar-refractivity contribution in [3.63, 3.8) is 0 Å². The minimum Gasteiger partial charge on any atom is -0.495 e. The fourth-order valence-corrected chi connectivity index (χ4v) is 5.16. The van der Waals surface area contributed by atoms with Crippen molar-refractivity contribution in [1.29, 1.82) is 0 Å². The molecule has 0 spiro atoms. The first-order chi connectivity index (χ1) is 12.9. The third kappa shape index (κ3) is 4.98. The lowest BCUT2D eigenvalue weighted by atomic mass is 10.3. The maximum atomic E-state index is 12.9. The summed E-state index contributed by atoms with van der Waals surface area (Å²) >= 11 is 7.52. The standard InChI is InChI=1S/C17H22ClN3O4S2/c1-20(27(22,23)16-9-13(18)3-4-15(16)24-2)10-14-12-26-17(19-14)11-21-5-7-25-8-6-21/h3-4,9,12H,5-8,10-11H2,1-2H3. The van der Waals surface area contributed by atoms with E-state index in [0.29, 0.717) is 5.02 Å². The van der Waals surface area contributed by atoms with E-state index in [1.807, 2.05) is 5.38 Å². The molecule has 0 atom stereocenters. The van der Waals surface area contributed by atoms with Crippen LogP contribution in [0.2, 0.25) is 5.02 Å². The fraction of sp³-hybridized carbons (Fsp3) is 0.471. The van der Waals surface area contributed by atoms with Crippen LogP contribution in [0.3, 0.4) is 0 Å². The van der Waals surface area contributed by atoms with Gasteiger partial charge in [-0.1, -0.05) is 11.6 Å². The van der Waals surface area contributed by atoms with E-state index in [4.69, 9.17) is 21.1 Å². The van der Waals surface area contributed by atoms with Crippen LogP contribution < -0.4 is 4.74 Å². The van der Waals surface area contributed by atoms with Crippen molar-refractivity contribution in [3.8, 4) is 5.75 Å². The lowest BCUT2D eigenvalue weighted by Gasteiger charge is -2.25. The summed E-state index contributed by atoms with van der Waals surface area (Å²) in [5.74, 6) is 0.262. The molecule has 0 bridgehead atoms. The van der Waals surface area contributed by atoms with E-state index in [9.17, 15) is 8.42 Å². The zero-order valence-electron chi connectivity index (χ0n) is 15.2. The molecule has 0 unspecified atom stereocenters. The minimum absolute atomic E-state index is 0.0452. The number of nitrogens with zero attached hydrogens (tertiary/aromatic N) is 3. The normalized spacial score (nSPS) is 16.0. The molecule has 1 fully saturated rings. The molecule has 7 nitrogen and oxygen atoms in total. The van der Waals surface area contributed by atoms with Gasteiger partial charge in [-0.05, 0) is 18.2 Å². The Morgan fingerprint density at radius 2 is 2.11 bits per heavy atom. The van der Waals surface area contributed by atoms with Gasteiger partial charge < -0.3 is 9.47 Å². The number of aromatic nitrogens is 1. The van der Waals surface area contributed by atoms with Crippen LogP contribution >= 0.6 is 22.9 Å². The molecule has 3 rings (SSSR count). The third-order valence-electron chi connectivity index (χ3n) is 4.26. The van der Waals surface area contributed by atoms with Crippen LogP contribution in [0.25, 0.3) is 0 Å². The lowest BCUT2D eigenvalue weighted by molar-refractivity contribution is 0.0341. The highest BCUT2D eigenvalue weighted by molar-refractivity contribution is 7.89. The monoisotopic (exact) mass is 431 g/mol. The molecule has 2 aromatic rings. The highest BCUT2D eigenvalue weighted by Crippen LogP contribution is 2.29. The van der Waals surface area contributed by atoms with Crippen LogP contribution in [0.4, 0.5) is 0 Å².